The zero-order valence-electron chi connectivity index (χ0n) is 14.4. The fourth-order valence-corrected chi connectivity index (χ4v) is 4.56. The van der Waals surface area contributed by atoms with Crippen molar-refractivity contribution >= 4 is 27.8 Å². The predicted octanol–water partition coefficient (Wildman–Crippen LogP) is 3.38. The number of thioether (sulfide) groups is 1. The first-order valence-corrected chi connectivity index (χ1v) is 10.2. The van der Waals surface area contributed by atoms with Crippen molar-refractivity contribution in [3.8, 4) is 0 Å². The Hall–Kier alpha value is -1.83. The molecule has 0 aliphatic rings. The number of hydrogen-bond donors (Lipinski definition) is 2. The lowest BCUT2D eigenvalue weighted by molar-refractivity contribution is 0.0696. The van der Waals surface area contributed by atoms with Crippen molar-refractivity contribution in [2.45, 2.75) is 30.6 Å². The number of carboxylic acid groups (broad SMARTS) is 1. The van der Waals surface area contributed by atoms with E-state index in [-0.39, 0.29) is 17.0 Å². The lowest BCUT2D eigenvalue weighted by Crippen LogP contribution is -2.27. The molecule has 0 atom stereocenters. The van der Waals surface area contributed by atoms with Crippen molar-refractivity contribution in [1.82, 2.24) is 4.72 Å². The number of hydrogen-bond acceptors (Lipinski definition) is 4. The van der Waals surface area contributed by atoms with Crippen molar-refractivity contribution in [3.63, 3.8) is 0 Å². The monoisotopic (exact) mass is 379 g/mol. The van der Waals surface area contributed by atoms with Crippen LogP contribution in [0.1, 0.15) is 27.0 Å². The number of aryl methyl sites for hydroxylation is 2. The van der Waals surface area contributed by atoms with E-state index in [0.29, 0.717) is 16.9 Å². The number of carbonyl (C=O) groups is 1. The first-order chi connectivity index (χ1) is 11.7. The third-order valence-corrected chi connectivity index (χ3v) is 6.44. The number of aromatic carboxylic acids is 1. The van der Waals surface area contributed by atoms with Gasteiger partial charge in [-0.3, -0.25) is 0 Å². The molecule has 0 radical (unpaired) electrons. The van der Waals surface area contributed by atoms with Gasteiger partial charge < -0.3 is 5.11 Å². The summed E-state index contributed by atoms with van der Waals surface area (Å²) in [7, 11) is -3.76. The average molecular weight is 380 g/mol. The maximum absolute atomic E-state index is 12.5. The molecule has 0 saturated carbocycles. The first-order valence-electron chi connectivity index (χ1n) is 7.74. The van der Waals surface area contributed by atoms with E-state index in [9.17, 15) is 13.2 Å². The van der Waals surface area contributed by atoms with E-state index in [1.54, 1.807) is 25.6 Å². The van der Waals surface area contributed by atoms with Crippen molar-refractivity contribution < 1.29 is 18.3 Å². The van der Waals surface area contributed by atoms with Gasteiger partial charge in [-0.05, 0) is 56.2 Å². The number of carboxylic acids is 1. The molecule has 7 heteroatoms. The highest BCUT2D eigenvalue weighted by Crippen LogP contribution is 2.22. The molecule has 0 bridgehead atoms. The third-order valence-electron chi connectivity index (χ3n) is 3.84. The zero-order valence-corrected chi connectivity index (χ0v) is 16.0. The Kier molecular flexibility index (Phi) is 6.26. The predicted molar refractivity (Wildman–Crippen MR) is 100.0 cm³/mol. The number of rotatable bonds is 7. The molecule has 0 aromatic heterocycles. The molecule has 2 rings (SSSR count). The summed E-state index contributed by atoms with van der Waals surface area (Å²) in [5, 5.41) is 9.13. The van der Waals surface area contributed by atoms with E-state index in [0.717, 1.165) is 4.90 Å². The van der Waals surface area contributed by atoms with Gasteiger partial charge in [0, 0.05) is 17.2 Å². The van der Waals surface area contributed by atoms with Gasteiger partial charge in [-0.1, -0.05) is 17.7 Å². The second-order valence-electron chi connectivity index (χ2n) is 5.78. The Morgan fingerprint density at radius 2 is 1.76 bits per heavy atom. The molecular weight excluding hydrogens is 358 g/mol. The van der Waals surface area contributed by atoms with Gasteiger partial charge in [-0.2, -0.15) is 0 Å². The van der Waals surface area contributed by atoms with Gasteiger partial charge in [0.15, 0.2) is 0 Å². The summed E-state index contributed by atoms with van der Waals surface area (Å²) in [5.41, 5.74) is 2.34. The highest BCUT2D eigenvalue weighted by molar-refractivity contribution is 7.99. The minimum atomic E-state index is -3.76. The van der Waals surface area contributed by atoms with Crippen LogP contribution in [0.4, 0.5) is 0 Å². The third kappa shape index (κ3) is 5.07. The van der Waals surface area contributed by atoms with E-state index in [4.69, 9.17) is 5.11 Å². The molecule has 5 nitrogen and oxygen atoms in total. The summed E-state index contributed by atoms with van der Waals surface area (Å²) in [5.74, 6) is -0.562. The van der Waals surface area contributed by atoms with Crippen molar-refractivity contribution in [2.24, 2.45) is 0 Å². The van der Waals surface area contributed by atoms with E-state index < -0.39 is 16.0 Å². The van der Waals surface area contributed by atoms with Crippen LogP contribution < -0.4 is 4.72 Å². The van der Waals surface area contributed by atoms with Crippen LogP contribution in [-0.4, -0.2) is 31.8 Å². The van der Waals surface area contributed by atoms with Crippen LogP contribution in [0.2, 0.25) is 0 Å². The van der Waals surface area contributed by atoms with Crippen LogP contribution in [0.3, 0.4) is 0 Å². The quantitative estimate of drug-likeness (QED) is 0.569. The molecule has 0 spiro atoms. The minimum absolute atomic E-state index is 0.0187. The molecule has 0 unspecified atom stereocenters. The number of benzene rings is 2. The molecule has 0 heterocycles. The first kappa shape index (κ1) is 19.5. The molecule has 134 valence electrons. The van der Waals surface area contributed by atoms with Crippen LogP contribution in [-0.2, 0) is 10.0 Å². The summed E-state index contributed by atoms with van der Waals surface area (Å²) in [6.45, 7) is 5.65. The summed E-state index contributed by atoms with van der Waals surface area (Å²) in [4.78, 5) is 12.3. The molecule has 0 aliphatic heterocycles. The second-order valence-corrected chi connectivity index (χ2v) is 8.68. The maximum atomic E-state index is 12.5. The van der Waals surface area contributed by atoms with Gasteiger partial charge >= 0.3 is 5.97 Å². The molecule has 0 fully saturated rings. The van der Waals surface area contributed by atoms with Gasteiger partial charge in [0.1, 0.15) is 0 Å². The minimum Gasteiger partial charge on any atom is -0.478 e. The molecule has 25 heavy (non-hydrogen) atoms. The van der Waals surface area contributed by atoms with Gasteiger partial charge in [-0.15, -0.1) is 11.8 Å². The van der Waals surface area contributed by atoms with Crippen molar-refractivity contribution in [2.75, 3.05) is 12.3 Å². The Morgan fingerprint density at radius 3 is 2.36 bits per heavy atom. The fourth-order valence-electron chi connectivity index (χ4n) is 2.29. The van der Waals surface area contributed by atoms with Crippen LogP contribution in [0, 0.1) is 20.8 Å². The summed E-state index contributed by atoms with van der Waals surface area (Å²) in [6.07, 6.45) is 0. The Labute approximate surface area is 152 Å². The van der Waals surface area contributed by atoms with Crippen molar-refractivity contribution in [1.29, 1.82) is 0 Å². The van der Waals surface area contributed by atoms with Gasteiger partial charge in [0.2, 0.25) is 10.0 Å². The summed E-state index contributed by atoms with van der Waals surface area (Å²) in [6, 6.07) is 10.7. The van der Waals surface area contributed by atoms with Gasteiger partial charge in [-0.25, -0.2) is 17.9 Å². The van der Waals surface area contributed by atoms with Crippen LogP contribution in [0.25, 0.3) is 0 Å². The van der Waals surface area contributed by atoms with E-state index in [1.165, 1.54) is 17.7 Å². The number of nitrogens with one attached hydrogen (secondary N) is 1. The fraction of sp³-hybridized carbons (Fsp3) is 0.278. The lowest BCUT2D eigenvalue weighted by Gasteiger charge is -2.12. The van der Waals surface area contributed by atoms with E-state index in [1.807, 2.05) is 31.2 Å². The number of sulfonamides is 1. The second kappa shape index (κ2) is 8.03. The van der Waals surface area contributed by atoms with E-state index in [2.05, 4.69) is 4.72 Å². The van der Waals surface area contributed by atoms with Crippen LogP contribution in [0.5, 0.6) is 0 Å². The molecule has 2 aromatic rings. The molecule has 2 aromatic carbocycles. The van der Waals surface area contributed by atoms with Crippen LogP contribution in [0.15, 0.2) is 46.2 Å². The molecule has 2 N–H and O–H groups in total. The molecule has 0 saturated heterocycles. The Morgan fingerprint density at radius 1 is 1.12 bits per heavy atom. The van der Waals surface area contributed by atoms with Crippen molar-refractivity contribution in [3.05, 3.63) is 58.7 Å². The highest BCUT2D eigenvalue weighted by Gasteiger charge is 2.20. The smallest absolute Gasteiger partial charge is 0.335 e. The summed E-state index contributed by atoms with van der Waals surface area (Å²) < 4.78 is 27.6. The van der Waals surface area contributed by atoms with Gasteiger partial charge in [0.05, 0.1) is 10.5 Å². The average Bonchev–Trinajstić information content (AvgIpc) is 2.55. The standard InChI is InChI=1S/C18H21NO4S2/c1-12-4-6-16(7-5-12)24-9-8-19-25(22,23)17-11-15(18(20)21)10-13(2)14(17)3/h4-7,10-11,19H,8-9H2,1-3H3,(H,20,21). The molecular formula is C18H21NO4S2. The molecule has 0 amide bonds. The molecule has 0 aliphatic carbocycles. The maximum Gasteiger partial charge on any atom is 0.335 e. The normalized spacial score (nSPS) is 11.5. The summed E-state index contributed by atoms with van der Waals surface area (Å²) >= 11 is 1.56. The largest absolute Gasteiger partial charge is 0.478 e. The Bertz CT molecular complexity index is 875. The topological polar surface area (TPSA) is 83.5 Å². The van der Waals surface area contributed by atoms with Crippen LogP contribution >= 0.6 is 11.8 Å². The van der Waals surface area contributed by atoms with E-state index >= 15 is 0 Å². The zero-order chi connectivity index (χ0) is 18.6. The Balaban J connectivity index is 2.06. The lowest BCUT2D eigenvalue weighted by atomic mass is 10.1. The highest BCUT2D eigenvalue weighted by atomic mass is 32.2. The SMILES string of the molecule is Cc1ccc(SCCNS(=O)(=O)c2cc(C(=O)O)cc(C)c2C)cc1. The van der Waals surface area contributed by atoms with Gasteiger partial charge in [0.25, 0.3) is 0 Å².